The second-order valence-electron chi connectivity index (χ2n) is 14.3. The average Bonchev–Trinajstić information content (AvgIpc) is 3.97. The maximum absolute atomic E-state index is 14.0. The molecule has 2 heterocycles. The number of aryl methyl sites for hydroxylation is 2. The summed E-state index contributed by atoms with van der Waals surface area (Å²) in [4.78, 5) is 69.6. The number of alkyl halides is 3. The van der Waals surface area contributed by atoms with Crippen LogP contribution in [0.4, 0.5) is 18.9 Å². The number of nitrogens with zero attached hydrogens (tertiary/aromatic N) is 1. The quantitative estimate of drug-likeness (QED) is 0.148. The van der Waals surface area contributed by atoms with Crippen molar-refractivity contribution in [2.24, 2.45) is 11.5 Å². The second-order valence-corrected chi connectivity index (χ2v) is 14.3. The Bertz CT molecular complexity index is 2200. The Morgan fingerprint density at radius 2 is 1.68 bits per heavy atom. The number of primary amides is 1. The smallest absolute Gasteiger partial charge is 0.368 e. The summed E-state index contributed by atoms with van der Waals surface area (Å²) in [6.07, 6.45) is -4.11. The van der Waals surface area contributed by atoms with E-state index in [4.69, 9.17) is 11.5 Å². The molecule has 1 aromatic heterocycles. The van der Waals surface area contributed by atoms with E-state index < -0.39 is 53.2 Å². The Morgan fingerprint density at radius 3 is 2.32 bits per heavy atom. The normalized spacial score (nSPS) is 17.1. The predicted molar refractivity (Wildman–Crippen MR) is 203 cm³/mol. The number of carbonyl (C=O) groups is 5. The molecule has 2 aliphatic rings. The van der Waals surface area contributed by atoms with Crippen LogP contribution in [-0.2, 0) is 37.4 Å². The van der Waals surface area contributed by atoms with Gasteiger partial charge >= 0.3 is 6.18 Å². The fourth-order valence-electron chi connectivity index (χ4n) is 7.02. The highest BCUT2D eigenvalue weighted by Crippen LogP contribution is 2.59. The van der Waals surface area contributed by atoms with Gasteiger partial charge in [0.05, 0.1) is 41.0 Å². The summed E-state index contributed by atoms with van der Waals surface area (Å²) in [5, 5.41) is 10.9. The third-order valence-electron chi connectivity index (χ3n) is 10.2. The molecule has 6 rings (SSSR count). The maximum Gasteiger partial charge on any atom is 0.398 e. The van der Waals surface area contributed by atoms with Crippen molar-refractivity contribution in [2.75, 3.05) is 18.4 Å². The van der Waals surface area contributed by atoms with E-state index >= 15 is 0 Å². The lowest BCUT2D eigenvalue weighted by Crippen LogP contribution is -2.49. The molecular weight excluding hydrogens is 727 g/mol. The van der Waals surface area contributed by atoms with Gasteiger partial charge in [-0.05, 0) is 85.7 Å². The summed E-state index contributed by atoms with van der Waals surface area (Å²) in [5.74, 6) is -2.88. The summed E-state index contributed by atoms with van der Waals surface area (Å²) in [7, 11) is 0. The van der Waals surface area contributed by atoms with Crippen molar-refractivity contribution in [1.29, 1.82) is 0 Å². The molecule has 0 radical (unpaired) electrons. The van der Waals surface area contributed by atoms with Crippen molar-refractivity contribution in [2.45, 2.75) is 69.6 Å². The first kappa shape index (κ1) is 39.6. The zero-order chi connectivity index (χ0) is 40.4. The molecule has 8 N–H and O–H groups in total. The average molecular weight is 770 g/mol. The van der Waals surface area contributed by atoms with Crippen molar-refractivity contribution in [1.82, 2.24) is 20.9 Å². The molecule has 1 aliphatic carbocycles. The van der Waals surface area contributed by atoms with E-state index in [1.54, 1.807) is 68.4 Å². The van der Waals surface area contributed by atoms with Gasteiger partial charge in [0, 0.05) is 17.5 Å². The predicted octanol–water partition coefficient (Wildman–Crippen LogP) is 3.90. The zero-order valence-corrected chi connectivity index (χ0v) is 30.8. The minimum Gasteiger partial charge on any atom is -0.368 e. The number of nitrogens with one attached hydrogen (secondary N) is 4. The maximum atomic E-state index is 14.0. The molecule has 4 bridgehead atoms. The Kier molecular flexibility index (Phi) is 11.3. The molecule has 3 aromatic carbocycles. The number of rotatable bonds is 9. The molecule has 15 heteroatoms. The van der Waals surface area contributed by atoms with Crippen molar-refractivity contribution >= 4 is 35.2 Å². The lowest BCUT2D eigenvalue weighted by Gasteiger charge is -2.23. The number of anilines is 1. The molecule has 1 saturated carbocycles. The van der Waals surface area contributed by atoms with Crippen molar-refractivity contribution < 1.29 is 37.1 Å². The van der Waals surface area contributed by atoms with E-state index in [0.717, 1.165) is 0 Å². The van der Waals surface area contributed by atoms with Gasteiger partial charge in [-0.15, -0.1) is 0 Å². The summed E-state index contributed by atoms with van der Waals surface area (Å²) >= 11 is 0. The first-order chi connectivity index (χ1) is 26.6. The van der Waals surface area contributed by atoms with E-state index in [1.165, 1.54) is 12.1 Å². The zero-order valence-electron chi connectivity index (χ0n) is 30.8. The van der Waals surface area contributed by atoms with E-state index in [2.05, 4.69) is 26.3 Å². The summed E-state index contributed by atoms with van der Waals surface area (Å²) < 4.78 is 40.9. The minimum absolute atomic E-state index is 0.0323. The van der Waals surface area contributed by atoms with Gasteiger partial charge < -0.3 is 32.7 Å². The van der Waals surface area contributed by atoms with Gasteiger partial charge in [-0.3, -0.25) is 29.0 Å². The number of benzene rings is 3. The summed E-state index contributed by atoms with van der Waals surface area (Å²) in [5.41, 5.74) is 15.1. The number of hydrogen-bond donors (Lipinski definition) is 6. The van der Waals surface area contributed by atoms with Gasteiger partial charge in [0.1, 0.15) is 12.1 Å². The number of halogens is 3. The van der Waals surface area contributed by atoms with Gasteiger partial charge in [-0.25, -0.2) is 0 Å². The molecule has 0 saturated heterocycles. The number of nitrogens with two attached hydrogens (primary N) is 2. The van der Waals surface area contributed by atoms with Crippen LogP contribution in [0.1, 0.15) is 57.6 Å². The molecule has 5 amide bonds. The Labute approximate surface area is 321 Å². The van der Waals surface area contributed by atoms with Gasteiger partial charge in [0.2, 0.25) is 23.6 Å². The van der Waals surface area contributed by atoms with Crippen LogP contribution < -0.4 is 32.7 Å². The van der Waals surface area contributed by atoms with Gasteiger partial charge in [0.25, 0.3) is 5.91 Å². The van der Waals surface area contributed by atoms with Crippen molar-refractivity contribution in [3.63, 3.8) is 0 Å². The van der Waals surface area contributed by atoms with Crippen LogP contribution >= 0.6 is 0 Å². The molecule has 292 valence electrons. The monoisotopic (exact) mass is 769 g/mol. The summed E-state index contributed by atoms with van der Waals surface area (Å²) in [6.45, 7) is 3.13. The number of hydrogen-bond acceptors (Lipinski definition) is 7. The molecule has 2 atom stereocenters. The lowest BCUT2D eigenvalue weighted by molar-refractivity contribution is -0.160. The van der Waals surface area contributed by atoms with Gasteiger partial charge in [-0.2, -0.15) is 13.2 Å². The number of fused-ring (bicyclic) bond motifs is 5. The van der Waals surface area contributed by atoms with Crippen molar-refractivity contribution in [3.05, 3.63) is 106 Å². The molecule has 4 aromatic rings. The van der Waals surface area contributed by atoms with Gasteiger partial charge in [-0.1, -0.05) is 54.6 Å². The third kappa shape index (κ3) is 8.57. The van der Waals surface area contributed by atoms with Crippen LogP contribution in [0.25, 0.3) is 22.4 Å². The third-order valence-corrected chi connectivity index (χ3v) is 10.2. The van der Waals surface area contributed by atoms with Crippen molar-refractivity contribution in [3.8, 4) is 22.4 Å². The van der Waals surface area contributed by atoms with Crippen LogP contribution in [0.2, 0.25) is 0 Å². The second kappa shape index (κ2) is 15.9. The van der Waals surface area contributed by atoms with E-state index in [1.807, 2.05) is 6.07 Å². The Balaban J connectivity index is 1.24. The molecule has 1 unspecified atom stereocenters. The van der Waals surface area contributed by atoms with E-state index in [0.29, 0.717) is 50.5 Å². The SMILES string of the molecule is Cc1cc2cc(c1NC(=O)[C@H](CCN)NC(=O)c1ccc(-c3ccc(C4(C(F)(F)F)CC4)cc3)nc1C)-c1cccc(c1)CC(=O)NCC(=O)NC(C(N)=O)C2. The van der Waals surface area contributed by atoms with E-state index in [9.17, 15) is 37.1 Å². The first-order valence-electron chi connectivity index (χ1n) is 18.1. The van der Waals surface area contributed by atoms with Crippen LogP contribution in [0.3, 0.4) is 0 Å². The topological polar surface area (TPSA) is 198 Å². The fourth-order valence-corrected chi connectivity index (χ4v) is 7.02. The highest BCUT2D eigenvalue weighted by molar-refractivity contribution is 6.04. The Morgan fingerprint density at radius 1 is 0.946 bits per heavy atom. The van der Waals surface area contributed by atoms with Crippen LogP contribution in [0.15, 0.2) is 72.8 Å². The largest absolute Gasteiger partial charge is 0.398 e. The number of amides is 5. The first-order valence-corrected chi connectivity index (χ1v) is 18.1. The standard InChI is InChI=1S/C41H42F3N7O5/c1-22-16-25-18-30(27-5-3-4-24(17-27)20-34(52)47-21-35(53)49-33(19-25)37(46)54)36(22)51-39(56)32(12-15-45)50-38(55)29-10-11-31(48-23(29)2)26-6-8-28(9-7-26)40(13-14-40)41(42,43)44/h3-11,16-18,32-33H,12-15,19-21,45H2,1-2H3,(H2,46,54)(H,47,52)(H,49,53)(H,50,55)(H,51,56)/t32-,33?/m0/s1. The molecular formula is C41H42F3N7O5. The Hall–Kier alpha value is -6.09. The summed E-state index contributed by atoms with van der Waals surface area (Å²) in [6, 6.07) is 17.8. The number of pyridine rings is 1. The lowest BCUT2D eigenvalue weighted by atomic mass is 9.93. The van der Waals surface area contributed by atoms with Crippen LogP contribution in [0, 0.1) is 13.8 Å². The van der Waals surface area contributed by atoms with Crippen LogP contribution in [0.5, 0.6) is 0 Å². The van der Waals surface area contributed by atoms with E-state index in [-0.39, 0.29) is 56.3 Å². The highest BCUT2D eigenvalue weighted by atomic mass is 19.4. The minimum atomic E-state index is -4.32. The molecule has 56 heavy (non-hydrogen) atoms. The molecule has 0 spiro atoms. The molecule has 1 fully saturated rings. The fraction of sp³-hybridized carbons (Fsp3) is 0.317. The van der Waals surface area contributed by atoms with Gasteiger partial charge in [0.15, 0.2) is 0 Å². The highest BCUT2D eigenvalue weighted by Gasteiger charge is 2.64. The van der Waals surface area contributed by atoms with Crippen LogP contribution in [-0.4, -0.2) is 65.9 Å². The molecule has 1 aliphatic heterocycles. The number of aromatic nitrogens is 1. The number of carbonyl (C=O) groups excluding carboxylic acids is 5. The molecule has 12 nitrogen and oxygen atoms in total.